The Morgan fingerprint density at radius 3 is 2.81 bits per heavy atom. The highest BCUT2D eigenvalue weighted by molar-refractivity contribution is 6.32. The fourth-order valence-corrected chi connectivity index (χ4v) is 1.36. The number of ether oxygens (including phenoxy) is 2. The molecule has 0 unspecified atom stereocenters. The maximum Gasteiger partial charge on any atom is 0.338 e. The van der Waals surface area contributed by atoms with Gasteiger partial charge in [-0.15, -0.1) is 0 Å². The van der Waals surface area contributed by atoms with Crippen LogP contribution in [0.15, 0.2) is 18.2 Å². The molecule has 0 fully saturated rings. The number of halogens is 1. The van der Waals surface area contributed by atoms with Crippen molar-refractivity contribution in [2.24, 2.45) is 5.73 Å². The second-order valence-electron chi connectivity index (χ2n) is 3.00. The Hall–Kier alpha value is -1.26. The summed E-state index contributed by atoms with van der Waals surface area (Å²) < 4.78 is 10.1. The summed E-state index contributed by atoms with van der Waals surface area (Å²) in [5, 5.41) is 0.374. The first-order chi connectivity index (χ1) is 7.69. The molecule has 0 saturated heterocycles. The van der Waals surface area contributed by atoms with Crippen LogP contribution in [0.4, 0.5) is 0 Å². The van der Waals surface area contributed by atoms with Crippen LogP contribution < -0.4 is 10.5 Å². The van der Waals surface area contributed by atoms with E-state index in [1.807, 2.05) is 0 Å². The van der Waals surface area contributed by atoms with Gasteiger partial charge < -0.3 is 15.2 Å². The molecule has 16 heavy (non-hydrogen) atoms. The van der Waals surface area contributed by atoms with Crippen LogP contribution in [-0.2, 0) is 4.74 Å². The lowest BCUT2D eigenvalue weighted by atomic mass is 10.2. The molecule has 0 saturated carbocycles. The lowest BCUT2D eigenvalue weighted by Crippen LogP contribution is -2.11. The van der Waals surface area contributed by atoms with Crippen molar-refractivity contribution >= 4 is 17.6 Å². The first-order valence-corrected chi connectivity index (χ1v) is 5.36. The van der Waals surface area contributed by atoms with Gasteiger partial charge in [0.1, 0.15) is 12.4 Å². The first-order valence-electron chi connectivity index (χ1n) is 4.98. The van der Waals surface area contributed by atoms with E-state index in [4.69, 9.17) is 26.8 Å². The smallest absolute Gasteiger partial charge is 0.338 e. The predicted octanol–water partition coefficient (Wildman–Crippen LogP) is 1.85. The number of nitrogens with two attached hydrogens (primary N) is 1. The predicted molar refractivity (Wildman–Crippen MR) is 62.0 cm³/mol. The number of esters is 1. The zero-order valence-electron chi connectivity index (χ0n) is 9.03. The molecule has 0 heterocycles. The lowest BCUT2D eigenvalue weighted by Gasteiger charge is -2.08. The number of hydrogen-bond acceptors (Lipinski definition) is 4. The van der Waals surface area contributed by atoms with Gasteiger partial charge in [-0.1, -0.05) is 11.6 Å². The Kier molecular flexibility index (Phi) is 5.08. The summed E-state index contributed by atoms with van der Waals surface area (Å²) in [5.74, 6) is 0.120. The maximum atomic E-state index is 11.4. The van der Waals surface area contributed by atoms with Gasteiger partial charge in [0.25, 0.3) is 0 Å². The van der Waals surface area contributed by atoms with E-state index in [0.29, 0.717) is 36.1 Å². The zero-order chi connectivity index (χ0) is 12.0. The van der Waals surface area contributed by atoms with E-state index in [2.05, 4.69) is 0 Å². The highest BCUT2D eigenvalue weighted by Gasteiger charge is 2.09. The van der Waals surface area contributed by atoms with Gasteiger partial charge in [0.05, 0.1) is 17.2 Å². The zero-order valence-corrected chi connectivity index (χ0v) is 9.79. The van der Waals surface area contributed by atoms with E-state index in [-0.39, 0.29) is 0 Å². The van der Waals surface area contributed by atoms with Crippen molar-refractivity contribution < 1.29 is 14.3 Å². The number of carbonyl (C=O) groups excluding carboxylic acids is 1. The number of hydrogen-bond donors (Lipinski definition) is 1. The van der Waals surface area contributed by atoms with Gasteiger partial charge >= 0.3 is 5.97 Å². The molecule has 0 spiro atoms. The van der Waals surface area contributed by atoms with Crippen molar-refractivity contribution in [1.29, 1.82) is 0 Å². The summed E-state index contributed by atoms with van der Waals surface area (Å²) in [7, 11) is 0. The van der Waals surface area contributed by atoms with E-state index in [0.717, 1.165) is 0 Å². The average Bonchev–Trinajstić information content (AvgIpc) is 2.27. The molecule has 0 radical (unpaired) electrons. The highest BCUT2D eigenvalue weighted by Crippen LogP contribution is 2.25. The Balaban J connectivity index is 2.78. The van der Waals surface area contributed by atoms with Gasteiger partial charge in [0.15, 0.2) is 0 Å². The lowest BCUT2D eigenvalue weighted by molar-refractivity contribution is 0.0526. The molecule has 2 N–H and O–H groups in total. The van der Waals surface area contributed by atoms with Crippen molar-refractivity contribution in [3.05, 3.63) is 28.8 Å². The minimum Gasteiger partial charge on any atom is -0.491 e. The molecule has 4 nitrogen and oxygen atoms in total. The second kappa shape index (κ2) is 6.35. The molecule has 0 amide bonds. The first kappa shape index (κ1) is 12.8. The quantitative estimate of drug-likeness (QED) is 0.802. The maximum absolute atomic E-state index is 11.4. The van der Waals surface area contributed by atoms with E-state index in [1.54, 1.807) is 19.1 Å². The van der Waals surface area contributed by atoms with Crippen molar-refractivity contribution in [2.45, 2.75) is 6.92 Å². The van der Waals surface area contributed by atoms with Crippen LogP contribution in [0.25, 0.3) is 0 Å². The van der Waals surface area contributed by atoms with Gasteiger partial charge in [0, 0.05) is 6.54 Å². The van der Waals surface area contributed by atoms with Crippen LogP contribution >= 0.6 is 11.6 Å². The minimum absolute atomic E-state index is 0.335. The van der Waals surface area contributed by atoms with Crippen LogP contribution in [0.5, 0.6) is 5.75 Å². The molecule has 0 atom stereocenters. The van der Waals surface area contributed by atoms with Crippen molar-refractivity contribution in [3.8, 4) is 5.75 Å². The van der Waals surface area contributed by atoms with Crippen LogP contribution in [-0.4, -0.2) is 25.7 Å². The standard InChI is InChI=1S/C11H14ClNO3/c1-2-15-11(14)8-3-4-10(9(12)7-8)16-6-5-13/h3-4,7H,2,5-6,13H2,1H3. The SMILES string of the molecule is CCOC(=O)c1ccc(OCCN)c(Cl)c1. The monoisotopic (exact) mass is 243 g/mol. The van der Waals surface area contributed by atoms with Crippen LogP contribution in [0, 0.1) is 0 Å². The third-order valence-electron chi connectivity index (χ3n) is 1.82. The molecule has 1 rings (SSSR count). The Bertz CT molecular complexity index is 368. The van der Waals surface area contributed by atoms with Crippen LogP contribution in [0.3, 0.4) is 0 Å². The molecule has 1 aromatic rings. The molecule has 0 aromatic heterocycles. The topological polar surface area (TPSA) is 61.5 Å². The third-order valence-corrected chi connectivity index (χ3v) is 2.11. The highest BCUT2D eigenvalue weighted by atomic mass is 35.5. The molecule has 0 bridgehead atoms. The van der Waals surface area contributed by atoms with Crippen molar-refractivity contribution in [2.75, 3.05) is 19.8 Å². The summed E-state index contributed by atoms with van der Waals surface area (Å²) in [5.41, 5.74) is 5.71. The summed E-state index contributed by atoms with van der Waals surface area (Å²) in [6, 6.07) is 4.76. The van der Waals surface area contributed by atoms with Gasteiger partial charge in [-0.2, -0.15) is 0 Å². The van der Waals surface area contributed by atoms with E-state index < -0.39 is 5.97 Å². The summed E-state index contributed by atoms with van der Waals surface area (Å²) in [4.78, 5) is 11.4. The molecule has 5 heteroatoms. The van der Waals surface area contributed by atoms with Crippen molar-refractivity contribution in [3.63, 3.8) is 0 Å². The third kappa shape index (κ3) is 3.40. The number of carbonyl (C=O) groups is 1. The van der Waals surface area contributed by atoms with Crippen LogP contribution in [0.2, 0.25) is 5.02 Å². The fraction of sp³-hybridized carbons (Fsp3) is 0.364. The van der Waals surface area contributed by atoms with E-state index in [1.165, 1.54) is 6.07 Å². The molecule has 88 valence electrons. The van der Waals surface area contributed by atoms with Crippen molar-refractivity contribution in [1.82, 2.24) is 0 Å². The van der Waals surface area contributed by atoms with Gasteiger partial charge in [-0.05, 0) is 25.1 Å². The Morgan fingerprint density at radius 1 is 1.50 bits per heavy atom. The minimum atomic E-state index is -0.394. The summed E-state index contributed by atoms with van der Waals surface area (Å²) in [6.45, 7) is 2.88. The normalized spacial score (nSPS) is 9.94. The van der Waals surface area contributed by atoms with Gasteiger partial charge in [0.2, 0.25) is 0 Å². The van der Waals surface area contributed by atoms with Gasteiger partial charge in [-0.25, -0.2) is 4.79 Å². The average molecular weight is 244 g/mol. The molecular formula is C11H14ClNO3. The molecule has 0 aliphatic heterocycles. The van der Waals surface area contributed by atoms with E-state index >= 15 is 0 Å². The number of benzene rings is 1. The second-order valence-corrected chi connectivity index (χ2v) is 3.41. The fourth-order valence-electron chi connectivity index (χ4n) is 1.13. The number of rotatable bonds is 5. The molecular weight excluding hydrogens is 230 g/mol. The van der Waals surface area contributed by atoms with E-state index in [9.17, 15) is 4.79 Å². The molecule has 1 aromatic carbocycles. The largest absolute Gasteiger partial charge is 0.491 e. The van der Waals surface area contributed by atoms with Crippen LogP contribution in [0.1, 0.15) is 17.3 Å². The summed E-state index contributed by atoms with van der Waals surface area (Å²) in [6.07, 6.45) is 0. The molecule has 0 aliphatic rings. The summed E-state index contributed by atoms with van der Waals surface area (Å²) >= 11 is 5.94. The Labute approximate surface area is 99.3 Å². The molecule has 0 aliphatic carbocycles. The van der Waals surface area contributed by atoms with Gasteiger partial charge in [-0.3, -0.25) is 0 Å². The Morgan fingerprint density at radius 2 is 2.25 bits per heavy atom.